The summed E-state index contributed by atoms with van der Waals surface area (Å²) in [6.07, 6.45) is 3.89. The van der Waals surface area contributed by atoms with E-state index in [0.29, 0.717) is 11.8 Å². The Morgan fingerprint density at radius 3 is 2.88 bits per heavy atom. The molecular formula is C5H7BrO2. The number of ether oxygens (including phenoxy) is 1. The number of halogens is 1. The van der Waals surface area contributed by atoms with Crippen molar-refractivity contribution in [1.29, 1.82) is 0 Å². The molecule has 1 aliphatic heterocycles. The first-order chi connectivity index (χ1) is 3.77. The van der Waals surface area contributed by atoms with Gasteiger partial charge in [-0.25, -0.2) is 0 Å². The highest BCUT2D eigenvalue weighted by molar-refractivity contribution is 9.09. The summed E-state index contributed by atoms with van der Waals surface area (Å²) in [7, 11) is 0. The van der Waals surface area contributed by atoms with Crippen LogP contribution in [0, 0.1) is 0 Å². The molecule has 0 bridgehead atoms. The second kappa shape index (κ2) is 2.07. The Balaban J connectivity index is 2.46. The highest BCUT2D eigenvalue weighted by Crippen LogP contribution is 2.21. The molecule has 0 aromatic rings. The van der Waals surface area contributed by atoms with Gasteiger partial charge in [-0.2, -0.15) is 0 Å². The minimum atomic E-state index is -0.958. The van der Waals surface area contributed by atoms with Crippen LogP contribution < -0.4 is 0 Å². The summed E-state index contributed by atoms with van der Waals surface area (Å²) < 4.78 is 4.82. The largest absolute Gasteiger partial charge is 0.469 e. The first-order valence-corrected chi connectivity index (χ1v) is 3.50. The molecule has 0 saturated heterocycles. The molecule has 1 heterocycles. The van der Waals surface area contributed by atoms with Crippen LogP contribution in [0.4, 0.5) is 0 Å². The van der Waals surface area contributed by atoms with E-state index in [1.54, 1.807) is 6.08 Å². The second-order valence-electron chi connectivity index (χ2n) is 1.77. The van der Waals surface area contributed by atoms with Crippen molar-refractivity contribution in [3.05, 3.63) is 12.3 Å². The van der Waals surface area contributed by atoms with E-state index in [9.17, 15) is 0 Å². The minimum Gasteiger partial charge on any atom is -0.469 e. The Morgan fingerprint density at radius 2 is 2.62 bits per heavy atom. The molecule has 1 aliphatic rings. The quantitative estimate of drug-likeness (QED) is 0.608. The molecule has 8 heavy (non-hydrogen) atoms. The lowest BCUT2D eigenvalue weighted by Crippen LogP contribution is -2.28. The lowest BCUT2D eigenvalue weighted by Gasteiger charge is -2.17. The highest BCUT2D eigenvalue weighted by atomic mass is 79.9. The fourth-order valence-electron chi connectivity index (χ4n) is 0.541. The van der Waals surface area contributed by atoms with E-state index in [-0.39, 0.29) is 0 Å². The van der Waals surface area contributed by atoms with Gasteiger partial charge in [0.25, 0.3) is 0 Å². The van der Waals surface area contributed by atoms with Crippen LogP contribution in [0.2, 0.25) is 0 Å². The van der Waals surface area contributed by atoms with Crippen molar-refractivity contribution in [2.75, 3.05) is 5.33 Å². The maximum Gasteiger partial charge on any atom is 0.220 e. The number of hydrogen-bond donors (Lipinski definition) is 1. The van der Waals surface area contributed by atoms with Gasteiger partial charge in [-0.15, -0.1) is 0 Å². The molecule has 0 aromatic heterocycles. The van der Waals surface area contributed by atoms with E-state index in [2.05, 4.69) is 15.9 Å². The van der Waals surface area contributed by atoms with Crippen LogP contribution in [0.5, 0.6) is 0 Å². The Bertz CT molecular complexity index is 103. The molecule has 0 aliphatic carbocycles. The molecule has 1 rings (SSSR count). The van der Waals surface area contributed by atoms with Gasteiger partial charge in [-0.05, 0) is 6.08 Å². The summed E-state index contributed by atoms with van der Waals surface area (Å²) >= 11 is 3.12. The van der Waals surface area contributed by atoms with Gasteiger partial charge in [0.15, 0.2) is 0 Å². The molecular weight excluding hydrogens is 172 g/mol. The maximum absolute atomic E-state index is 9.17. The predicted molar refractivity (Wildman–Crippen MR) is 33.6 cm³/mol. The molecule has 0 saturated carbocycles. The van der Waals surface area contributed by atoms with Gasteiger partial charge in [0.05, 0.1) is 11.6 Å². The van der Waals surface area contributed by atoms with Gasteiger partial charge >= 0.3 is 0 Å². The zero-order chi connectivity index (χ0) is 6.04. The SMILES string of the molecule is OC1(CBr)CC=CO1. The molecule has 0 amide bonds. The Hall–Kier alpha value is -0.0200. The van der Waals surface area contributed by atoms with Crippen LogP contribution in [0.1, 0.15) is 6.42 Å². The average molecular weight is 179 g/mol. The Morgan fingerprint density at radius 1 is 1.88 bits per heavy atom. The fraction of sp³-hybridized carbons (Fsp3) is 0.600. The van der Waals surface area contributed by atoms with Gasteiger partial charge in [-0.1, -0.05) is 15.9 Å². The molecule has 0 fully saturated rings. The summed E-state index contributed by atoms with van der Waals surface area (Å²) in [5.41, 5.74) is 0. The van der Waals surface area contributed by atoms with E-state index >= 15 is 0 Å². The van der Waals surface area contributed by atoms with Crippen LogP contribution in [0.15, 0.2) is 12.3 Å². The average Bonchev–Trinajstić information content (AvgIpc) is 2.17. The Labute approximate surface area is 56.3 Å². The van der Waals surface area contributed by atoms with Crippen LogP contribution in [-0.4, -0.2) is 16.2 Å². The van der Waals surface area contributed by atoms with E-state index in [4.69, 9.17) is 9.84 Å². The topological polar surface area (TPSA) is 29.5 Å². The molecule has 1 unspecified atom stereocenters. The van der Waals surface area contributed by atoms with E-state index in [1.165, 1.54) is 6.26 Å². The van der Waals surface area contributed by atoms with Crippen molar-refractivity contribution in [3.8, 4) is 0 Å². The molecule has 3 heteroatoms. The third-order valence-electron chi connectivity index (χ3n) is 1.03. The van der Waals surface area contributed by atoms with Gasteiger partial charge in [-0.3, -0.25) is 0 Å². The van der Waals surface area contributed by atoms with E-state index in [0.717, 1.165) is 0 Å². The number of alkyl halides is 1. The maximum atomic E-state index is 9.17. The number of aliphatic hydroxyl groups is 1. The van der Waals surface area contributed by atoms with Crippen molar-refractivity contribution in [3.63, 3.8) is 0 Å². The van der Waals surface area contributed by atoms with Gasteiger partial charge in [0.2, 0.25) is 5.79 Å². The third kappa shape index (κ3) is 1.03. The lowest BCUT2D eigenvalue weighted by atomic mass is 10.2. The molecule has 2 nitrogen and oxygen atoms in total. The fourth-order valence-corrected chi connectivity index (χ4v) is 0.902. The van der Waals surface area contributed by atoms with E-state index in [1.807, 2.05) is 0 Å². The van der Waals surface area contributed by atoms with E-state index < -0.39 is 5.79 Å². The highest BCUT2D eigenvalue weighted by Gasteiger charge is 2.27. The molecule has 46 valence electrons. The number of hydrogen-bond acceptors (Lipinski definition) is 2. The summed E-state index contributed by atoms with van der Waals surface area (Å²) in [5.74, 6) is -0.958. The third-order valence-corrected chi connectivity index (χ3v) is 1.91. The summed E-state index contributed by atoms with van der Waals surface area (Å²) in [4.78, 5) is 0. The zero-order valence-corrected chi connectivity index (χ0v) is 5.89. The number of rotatable bonds is 1. The van der Waals surface area contributed by atoms with Crippen molar-refractivity contribution in [2.24, 2.45) is 0 Å². The summed E-state index contributed by atoms with van der Waals surface area (Å²) in [6.45, 7) is 0. The van der Waals surface area contributed by atoms with Crippen LogP contribution in [-0.2, 0) is 4.74 Å². The van der Waals surface area contributed by atoms with Crippen LogP contribution in [0.3, 0.4) is 0 Å². The summed E-state index contributed by atoms with van der Waals surface area (Å²) in [5, 5.41) is 9.63. The molecule has 0 radical (unpaired) electrons. The van der Waals surface area contributed by atoms with Crippen molar-refractivity contribution in [2.45, 2.75) is 12.2 Å². The van der Waals surface area contributed by atoms with Crippen molar-refractivity contribution >= 4 is 15.9 Å². The van der Waals surface area contributed by atoms with Crippen molar-refractivity contribution in [1.82, 2.24) is 0 Å². The zero-order valence-electron chi connectivity index (χ0n) is 4.30. The molecule has 1 N–H and O–H groups in total. The predicted octanol–water partition coefficient (Wildman–Crippen LogP) is 1.00. The standard InChI is InChI=1S/C5H7BrO2/c6-4-5(7)2-1-3-8-5/h1,3,7H,2,4H2. The normalized spacial score (nSPS) is 35.2. The molecule has 0 aromatic carbocycles. The van der Waals surface area contributed by atoms with Gasteiger partial charge in [0.1, 0.15) is 0 Å². The monoisotopic (exact) mass is 178 g/mol. The van der Waals surface area contributed by atoms with Gasteiger partial charge < -0.3 is 9.84 Å². The minimum absolute atomic E-state index is 0.465. The first kappa shape index (κ1) is 6.11. The van der Waals surface area contributed by atoms with Gasteiger partial charge in [0, 0.05) is 6.42 Å². The first-order valence-electron chi connectivity index (χ1n) is 2.38. The van der Waals surface area contributed by atoms with Crippen LogP contribution >= 0.6 is 15.9 Å². The smallest absolute Gasteiger partial charge is 0.220 e. The lowest BCUT2D eigenvalue weighted by molar-refractivity contribution is -0.129. The molecule has 0 spiro atoms. The van der Waals surface area contributed by atoms with Crippen LogP contribution in [0.25, 0.3) is 0 Å². The molecule has 1 atom stereocenters. The van der Waals surface area contributed by atoms with Crippen molar-refractivity contribution < 1.29 is 9.84 Å². The second-order valence-corrected chi connectivity index (χ2v) is 2.33. The summed E-state index contributed by atoms with van der Waals surface area (Å²) in [6, 6.07) is 0. The Kier molecular flexibility index (Phi) is 1.58.